The first kappa shape index (κ1) is 16.9. The zero-order chi connectivity index (χ0) is 17.5. The van der Waals surface area contributed by atoms with Crippen molar-refractivity contribution in [1.82, 2.24) is 20.1 Å². The quantitative estimate of drug-likeness (QED) is 0.778. The Hall–Kier alpha value is -2.96. The van der Waals surface area contributed by atoms with Crippen LogP contribution in [0.3, 0.4) is 0 Å². The predicted octanol–water partition coefficient (Wildman–Crippen LogP) is 1.57. The lowest BCUT2D eigenvalue weighted by molar-refractivity contribution is -0.132. The molecule has 3 rings (SSSR count). The number of hydrazone groups is 1. The van der Waals surface area contributed by atoms with Crippen molar-refractivity contribution in [3.05, 3.63) is 54.4 Å². The summed E-state index contributed by atoms with van der Waals surface area (Å²) >= 11 is 0. The molecule has 0 aliphatic carbocycles. The van der Waals surface area contributed by atoms with Gasteiger partial charge in [-0.2, -0.15) is 10.2 Å². The van der Waals surface area contributed by atoms with Crippen LogP contribution in [0, 0.1) is 0 Å². The Morgan fingerprint density at radius 3 is 2.76 bits per heavy atom. The van der Waals surface area contributed by atoms with Gasteiger partial charge in [-0.15, -0.1) is 0 Å². The van der Waals surface area contributed by atoms with Crippen LogP contribution in [0.2, 0.25) is 0 Å². The van der Waals surface area contributed by atoms with Gasteiger partial charge in [0, 0.05) is 38.3 Å². The fraction of sp³-hybridized carbons (Fsp3) is 0.333. The maximum atomic E-state index is 12.3. The molecular weight excluding hydrogens is 318 g/mol. The summed E-state index contributed by atoms with van der Waals surface area (Å²) in [5.74, 6) is -0.259. The molecule has 7 nitrogen and oxygen atoms in total. The average Bonchev–Trinajstić information content (AvgIpc) is 3.15. The SMILES string of the molecule is O=C(NCCCn1cccn1)C1=NN(Cc2ccccc2)C(=O)CC1. The van der Waals surface area contributed by atoms with Gasteiger partial charge in [0.2, 0.25) is 5.91 Å². The number of nitrogens with zero attached hydrogens (tertiary/aromatic N) is 4. The highest BCUT2D eigenvalue weighted by Gasteiger charge is 2.24. The Labute approximate surface area is 146 Å². The zero-order valence-corrected chi connectivity index (χ0v) is 14.0. The largest absolute Gasteiger partial charge is 0.351 e. The van der Waals surface area contributed by atoms with Gasteiger partial charge in [0.05, 0.1) is 6.54 Å². The van der Waals surface area contributed by atoms with Gasteiger partial charge in [0.15, 0.2) is 0 Å². The lowest BCUT2D eigenvalue weighted by Crippen LogP contribution is -2.39. The van der Waals surface area contributed by atoms with E-state index < -0.39 is 0 Å². The lowest BCUT2D eigenvalue weighted by atomic mass is 10.1. The van der Waals surface area contributed by atoms with Gasteiger partial charge in [-0.1, -0.05) is 30.3 Å². The monoisotopic (exact) mass is 339 g/mol. The summed E-state index contributed by atoms with van der Waals surface area (Å²) in [6.07, 6.45) is 5.10. The van der Waals surface area contributed by atoms with Crippen molar-refractivity contribution < 1.29 is 9.59 Å². The molecule has 25 heavy (non-hydrogen) atoms. The van der Waals surface area contributed by atoms with Crippen molar-refractivity contribution in [2.45, 2.75) is 32.4 Å². The van der Waals surface area contributed by atoms with E-state index in [4.69, 9.17) is 0 Å². The van der Waals surface area contributed by atoms with Gasteiger partial charge in [0.25, 0.3) is 5.91 Å². The van der Waals surface area contributed by atoms with Crippen LogP contribution in [-0.2, 0) is 22.7 Å². The van der Waals surface area contributed by atoms with Crippen LogP contribution in [0.15, 0.2) is 53.9 Å². The van der Waals surface area contributed by atoms with E-state index in [0.29, 0.717) is 31.6 Å². The van der Waals surface area contributed by atoms with Gasteiger partial charge >= 0.3 is 0 Å². The standard InChI is InChI=1S/C18H21N5O2/c24-17-9-8-16(21-23(17)14-15-6-2-1-3-7-15)18(25)19-10-4-12-22-13-5-11-20-22/h1-3,5-7,11,13H,4,8-10,12,14H2,(H,19,25). The van der Waals surface area contributed by atoms with Crippen LogP contribution in [0.4, 0.5) is 0 Å². The number of aryl methyl sites for hydroxylation is 1. The molecule has 0 radical (unpaired) electrons. The minimum absolute atomic E-state index is 0.0564. The molecule has 1 N–H and O–H groups in total. The van der Waals surface area contributed by atoms with Crippen LogP contribution in [0.1, 0.15) is 24.8 Å². The molecule has 1 aliphatic heterocycles. The summed E-state index contributed by atoms with van der Waals surface area (Å²) in [4.78, 5) is 24.3. The van der Waals surface area contributed by atoms with E-state index in [0.717, 1.165) is 18.5 Å². The molecule has 0 fully saturated rings. The van der Waals surface area contributed by atoms with E-state index in [9.17, 15) is 9.59 Å². The fourth-order valence-corrected chi connectivity index (χ4v) is 2.62. The predicted molar refractivity (Wildman–Crippen MR) is 93.5 cm³/mol. The molecule has 0 unspecified atom stereocenters. The first-order valence-corrected chi connectivity index (χ1v) is 8.40. The van der Waals surface area contributed by atoms with Gasteiger partial charge in [-0.25, -0.2) is 5.01 Å². The Morgan fingerprint density at radius 2 is 2.00 bits per heavy atom. The number of aromatic nitrogens is 2. The molecule has 2 heterocycles. The van der Waals surface area contributed by atoms with Crippen LogP contribution in [0.25, 0.3) is 0 Å². The maximum absolute atomic E-state index is 12.3. The van der Waals surface area contributed by atoms with Crippen LogP contribution < -0.4 is 5.32 Å². The normalized spacial score (nSPS) is 14.3. The highest BCUT2D eigenvalue weighted by Crippen LogP contribution is 2.13. The van der Waals surface area contributed by atoms with Crippen LogP contribution >= 0.6 is 0 Å². The average molecular weight is 339 g/mol. The minimum Gasteiger partial charge on any atom is -0.351 e. The van der Waals surface area contributed by atoms with Crippen LogP contribution in [0.5, 0.6) is 0 Å². The highest BCUT2D eigenvalue weighted by molar-refractivity contribution is 6.39. The molecule has 0 spiro atoms. The maximum Gasteiger partial charge on any atom is 0.267 e. The Morgan fingerprint density at radius 1 is 1.16 bits per heavy atom. The van der Waals surface area contributed by atoms with Crippen molar-refractivity contribution >= 4 is 17.5 Å². The van der Waals surface area contributed by atoms with Crippen molar-refractivity contribution in [3.8, 4) is 0 Å². The smallest absolute Gasteiger partial charge is 0.267 e. The number of carbonyl (C=O) groups is 2. The number of carbonyl (C=O) groups excluding carboxylic acids is 2. The molecule has 1 aromatic carbocycles. The summed E-state index contributed by atoms with van der Waals surface area (Å²) in [7, 11) is 0. The molecular formula is C18H21N5O2. The fourth-order valence-electron chi connectivity index (χ4n) is 2.62. The van der Waals surface area contributed by atoms with Gasteiger partial charge in [-0.05, 0) is 18.1 Å². The molecule has 7 heteroatoms. The molecule has 0 bridgehead atoms. The molecule has 1 aliphatic rings. The highest BCUT2D eigenvalue weighted by atomic mass is 16.2. The number of rotatable bonds is 7. The Kier molecular flexibility index (Phi) is 5.56. The minimum atomic E-state index is -0.203. The Balaban J connectivity index is 1.52. The number of amides is 2. The molecule has 0 saturated heterocycles. The van der Waals surface area contributed by atoms with Gasteiger partial charge in [-0.3, -0.25) is 14.3 Å². The number of hydrogen-bond acceptors (Lipinski definition) is 4. The summed E-state index contributed by atoms with van der Waals surface area (Å²) in [5.41, 5.74) is 1.40. The molecule has 0 saturated carbocycles. The number of hydrogen-bond donors (Lipinski definition) is 1. The molecule has 1 aromatic heterocycles. The zero-order valence-electron chi connectivity index (χ0n) is 14.0. The second-order valence-electron chi connectivity index (χ2n) is 5.86. The van der Waals surface area contributed by atoms with E-state index >= 15 is 0 Å². The molecule has 0 atom stereocenters. The third kappa shape index (κ3) is 4.76. The molecule has 2 aromatic rings. The topological polar surface area (TPSA) is 79.6 Å². The van der Waals surface area contributed by atoms with Gasteiger partial charge in [0.1, 0.15) is 5.71 Å². The second kappa shape index (κ2) is 8.23. The van der Waals surface area contributed by atoms with Gasteiger partial charge < -0.3 is 5.32 Å². The van der Waals surface area contributed by atoms with E-state index in [1.54, 1.807) is 6.20 Å². The van der Waals surface area contributed by atoms with Crippen LogP contribution in [-0.4, -0.2) is 38.9 Å². The van der Waals surface area contributed by atoms with Crippen molar-refractivity contribution in [2.75, 3.05) is 6.54 Å². The third-order valence-electron chi connectivity index (χ3n) is 3.95. The Bertz CT molecular complexity index is 740. The third-order valence-corrected chi connectivity index (χ3v) is 3.95. The van der Waals surface area contributed by atoms with Crippen molar-refractivity contribution in [3.63, 3.8) is 0 Å². The van der Waals surface area contributed by atoms with E-state index in [2.05, 4.69) is 15.5 Å². The second-order valence-corrected chi connectivity index (χ2v) is 5.86. The number of nitrogens with one attached hydrogen (secondary N) is 1. The summed E-state index contributed by atoms with van der Waals surface area (Å²) in [6.45, 7) is 1.68. The molecule has 130 valence electrons. The summed E-state index contributed by atoms with van der Waals surface area (Å²) in [6, 6.07) is 11.5. The first-order valence-electron chi connectivity index (χ1n) is 8.40. The van der Waals surface area contributed by atoms with Crippen molar-refractivity contribution in [2.24, 2.45) is 5.10 Å². The van der Waals surface area contributed by atoms with E-state index in [1.807, 2.05) is 47.3 Å². The van der Waals surface area contributed by atoms with E-state index in [1.165, 1.54) is 5.01 Å². The van der Waals surface area contributed by atoms with Crippen molar-refractivity contribution in [1.29, 1.82) is 0 Å². The van der Waals surface area contributed by atoms with E-state index in [-0.39, 0.29) is 11.8 Å². The lowest BCUT2D eigenvalue weighted by Gasteiger charge is -2.23. The summed E-state index contributed by atoms with van der Waals surface area (Å²) in [5, 5.41) is 12.6. The molecule has 2 amide bonds. The summed E-state index contributed by atoms with van der Waals surface area (Å²) < 4.78 is 1.82. The number of benzene rings is 1. The first-order chi connectivity index (χ1) is 12.2.